The van der Waals surface area contributed by atoms with Gasteiger partial charge in [0.2, 0.25) is 0 Å². The molecular weight excluding hydrogens is 277 g/mol. The molecule has 0 saturated heterocycles. The number of anilines is 1. The largest absolute Gasteiger partial charge is 0.383 e. The maximum atomic E-state index is 5.81. The van der Waals surface area contributed by atoms with Crippen molar-refractivity contribution in [1.29, 1.82) is 0 Å². The number of nitrogens with two attached hydrogens (primary N) is 1. The molecule has 0 aliphatic heterocycles. The second-order valence-corrected chi connectivity index (χ2v) is 4.49. The monoisotopic (exact) mass is 285 g/mol. The highest BCUT2D eigenvalue weighted by atomic mass is 79.9. The molecule has 2 N–H and O–H groups in total. The number of nitrogen functional groups attached to an aromatic ring is 1. The summed E-state index contributed by atoms with van der Waals surface area (Å²) in [6.07, 6.45) is 1.55. The van der Waals surface area contributed by atoms with Crippen LogP contribution in [0.5, 0.6) is 0 Å². The summed E-state index contributed by atoms with van der Waals surface area (Å²) < 4.78 is 2.71. The van der Waals surface area contributed by atoms with Crippen molar-refractivity contribution in [2.45, 2.75) is 6.54 Å². The van der Waals surface area contributed by atoms with Gasteiger partial charge in [0.25, 0.3) is 0 Å². The van der Waals surface area contributed by atoms with Gasteiger partial charge in [0, 0.05) is 4.47 Å². The average molecular weight is 287 g/mol. The van der Waals surface area contributed by atoms with E-state index in [4.69, 9.17) is 17.3 Å². The van der Waals surface area contributed by atoms with E-state index in [1.807, 2.05) is 24.3 Å². The van der Waals surface area contributed by atoms with Crippen LogP contribution in [0.3, 0.4) is 0 Å². The second kappa shape index (κ2) is 4.24. The molecule has 0 atom stereocenters. The van der Waals surface area contributed by atoms with Gasteiger partial charge in [-0.05, 0) is 17.7 Å². The summed E-state index contributed by atoms with van der Waals surface area (Å²) in [5, 5.41) is 4.58. The fraction of sp³-hybridized carbons (Fsp3) is 0.100. The Morgan fingerprint density at radius 3 is 2.87 bits per heavy atom. The van der Waals surface area contributed by atoms with Crippen LogP contribution in [-0.2, 0) is 6.54 Å². The number of benzene rings is 1. The number of rotatable bonds is 2. The van der Waals surface area contributed by atoms with E-state index >= 15 is 0 Å². The fourth-order valence-corrected chi connectivity index (χ4v) is 1.89. The van der Waals surface area contributed by atoms with E-state index in [0.29, 0.717) is 17.4 Å². The van der Waals surface area contributed by atoms with Gasteiger partial charge in [0.1, 0.15) is 10.8 Å². The van der Waals surface area contributed by atoms with Crippen LogP contribution in [-0.4, -0.2) is 9.78 Å². The smallest absolute Gasteiger partial charge is 0.140 e. The van der Waals surface area contributed by atoms with Gasteiger partial charge in [0.15, 0.2) is 0 Å². The number of hydrogen-bond acceptors (Lipinski definition) is 2. The normalized spacial score (nSPS) is 10.5. The standard InChI is InChI=1S/C10H9BrClN3/c11-8-3-1-2-7(4-8)6-15-10(13)9(12)5-14-15/h1-5H,6,13H2. The van der Waals surface area contributed by atoms with E-state index in [9.17, 15) is 0 Å². The number of nitrogens with zero attached hydrogens (tertiary/aromatic N) is 2. The zero-order valence-electron chi connectivity index (χ0n) is 7.82. The van der Waals surface area contributed by atoms with Gasteiger partial charge in [-0.1, -0.05) is 39.7 Å². The summed E-state index contributed by atoms with van der Waals surface area (Å²) in [6.45, 7) is 0.623. The fourth-order valence-electron chi connectivity index (χ4n) is 1.31. The molecule has 78 valence electrons. The van der Waals surface area contributed by atoms with E-state index in [-0.39, 0.29) is 0 Å². The molecule has 5 heteroatoms. The highest BCUT2D eigenvalue weighted by molar-refractivity contribution is 9.10. The predicted molar refractivity (Wildman–Crippen MR) is 64.9 cm³/mol. The highest BCUT2D eigenvalue weighted by Crippen LogP contribution is 2.19. The first-order chi connectivity index (χ1) is 7.16. The van der Waals surface area contributed by atoms with Crippen LogP contribution < -0.4 is 5.73 Å². The molecule has 0 amide bonds. The third kappa shape index (κ3) is 2.33. The minimum Gasteiger partial charge on any atom is -0.383 e. The zero-order chi connectivity index (χ0) is 10.8. The lowest BCUT2D eigenvalue weighted by Crippen LogP contribution is -2.05. The summed E-state index contributed by atoms with van der Waals surface area (Å²) in [6, 6.07) is 7.98. The van der Waals surface area contributed by atoms with E-state index in [1.165, 1.54) is 0 Å². The third-order valence-electron chi connectivity index (χ3n) is 2.05. The molecule has 0 aliphatic carbocycles. The summed E-state index contributed by atoms with van der Waals surface area (Å²) in [5.41, 5.74) is 6.87. The van der Waals surface area contributed by atoms with Crippen molar-refractivity contribution < 1.29 is 0 Å². The van der Waals surface area contributed by atoms with Gasteiger partial charge in [-0.15, -0.1) is 0 Å². The number of aromatic nitrogens is 2. The molecule has 0 radical (unpaired) electrons. The van der Waals surface area contributed by atoms with Crippen molar-refractivity contribution in [1.82, 2.24) is 9.78 Å². The summed E-state index contributed by atoms with van der Waals surface area (Å²) in [7, 11) is 0. The maximum absolute atomic E-state index is 5.81. The molecule has 3 nitrogen and oxygen atoms in total. The highest BCUT2D eigenvalue weighted by Gasteiger charge is 2.05. The molecule has 2 rings (SSSR count). The Kier molecular flexibility index (Phi) is 2.98. The zero-order valence-corrected chi connectivity index (χ0v) is 10.2. The quantitative estimate of drug-likeness (QED) is 0.922. The van der Waals surface area contributed by atoms with Crippen LogP contribution in [0.2, 0.25) is 5.02 Å². The molecule has 0 unspecified atom stereocenters. The molecule has 1 heterocycles. The third-order valence-corrected chi connectivity index (χ3v) is 2.84. The Morgan fingerprint density at radius 2 is 2.27 bits per heavy atom. The van der Waals surface area contributed by atoms with Crippen LogP contribution in [0.4, 0.5) is 5.82 Å². The Balaban J connectivity index is 2.26. The molecule has 0 bridgehead atoms. The number of halogens is 2. The summed E-state index contributed by atoms with van der Waals surface area (Å²) >= 11 is 9.22. The second-order valence-electron chi connectivity index (χ2n) is 3.17. The lowest BCUT2D eigenvalue weighted by molar-refractivity contribution is 0.697. The van der Waals surface area contributed by atoms with Gasteiger partial charge in [-0.2, -0.15) is 5.10 Å². The Bertz CT molecular complexity index is 481. The maximum Gasteiger partial charge on any atom is 0.140 e. The molecule has 0 fully saturated rings. The minimum atomic E-state index is 0.491. The van der Waals surface area contributed by atoms with Crippen molar-refractivity contribution in [2.24, 2.45) is 0 Å². The van der Waals surface area contributed by atoms with Crippen molar-refractivity contribution in [3.63, 3.8) is 0 Å². The van der Waals surface area contributed by atoms with Crippen LogP contribution >= 0.6 is 27.5 Å². The molecule has 15 heavy (non-hydrogen) atoms. The molecule has 0 saturated carbocycles. The lowest BCUT2D eigenvalue weighted by atomic mass is 10.2. The molecule has 1 aromatic carbocycles. The molecule has 0 aliphatic rings. The first kappa shape index (κ1) is 10.5. The summed E-state index contributed by atoms with van der Waals surface area (Å²) in [5.74, 6) is 0.497. The van der Waals surface area contributed by atoms with E-state index in [2.05, 4.69) is 21.0 Å². The predicted octanol–water partition coefficient (Wildman–Crippen LogP) is 2.93. The van der Waals surface area contributed by atoms with E-state index < -0.39 is 0 Å². The van der Waals surface area contributed by atoms with Crippen LogP contribution in [0, 0.1) is 0 Å². The van der Waals surface area contributed by atoms with Crippen molar-refractivity contribution in [3.8, 4) is 0 Å². The minimum absolute atomic E-state index is 0.491. The first-order valence-corrected chi connectivity index (χ1v) is 5.55. The van der Waals surface area contributed by atoms with Crippen molar-refractivity contribution >= 4 is 33.3 Å². The Hall–Kier alpha value is -1.000. The molecule has 2 aromatic rings. The first-order valence-electron chi connectivity index (χ1n) is 4.38. The van der Waals surface area contributed by atoms with Crippen LogP contribution in [0.1, 0.15) is 5.56 Å². The molecule has 0 spiro atoms. The lowest BCUT2D eigenvalue weighted by Gasteiger charge is -2.04. The SMILES string of the molecule is Nc1c(Cl)cnn1Cc1cccc(Br)c1. The van der Waals surface area contributed by atoms with Gasteiger partial charge in [-0.3, -0.25) is 0 Å². The Labute approximate surface area is 101 Å². The molecule has 1 aromatic heterocycles. The summed E-state index contributed by atoms with van der Waals surface area (Å²) in [4.78, 5) is 0. The van der Waals surface area contributed by atoms with E-state index in [0.717, 1.165) is 10.0 Å². The van der Waals surface area contributed by atoms with Crippen LogP contribution in [0.25, 0.3) is 0 Å². The van der Waals surface area contributed by atoms with Crippen LogP contribution in [0.15, 0.2) is 34.9 Å². The van der Waals surface area contributed by atoms with Crippen molar-refractivity contribution in [3.05, 3.63) is 45.5 Å². The van der Waals surface area contributed by atoms with E-state index in [1.54, 1.807) is 10.9 Å². The van der Waals surface area contributed by atoms with Gasteiger partial charge < -0.3 is 5.73 Å². The average Bonchev–Trinajstić information content (AvgIpc) is 2.50. The van der Waals surface area contributed by atoms with Gasteiger partial charge >= 0.3 is 0 Å². The van der Waals surface area contributed by atoms with Gasteiger partial charge in [-0.25, -0.2) is 4.68 Å². The molecular formula is C10H9BrClN3. The number of hydrogen-bond donors (Lipinski definition) is 1. The van der Waals surface area contributed by atoms with Crippen molar-refractivity contribution in [2.75, 3.05) is 5.73 Å². The Morgan fingerprint density at radius 1 is 1.47 bits per heavy atom. The topological polar surface area (TPSA) is 43.8 Å². The van der Waals surface area contributed by atoms with Gasteiger partial charge in [0.05, 0.1) is 12.7 Å².